The minimum Gasteiger partial charge on any atom is -0.381 e. The predicted octanol–water partition coefficient (Wildman–Crippen LogP) is 5.33. The molecule has 4 heteroatoms. The molecular formula is C14H13Cl2NS. The van der Waals surface area contributed by atoms with Crippen LogP contribution in [-0.2, 0) is 6.54 Å². The molecule has 0 bridgehead atoms. The van der Waals surface area contributed by atoms with Gasteiger partial charge in [0.1, 0.15) is 0 Å². The van der Waals surface area contributed by atoms with Crippen LogP contribution in [0.25, 0.3) is 0 Å². The number of halogens is 2. The highest BCUT2D eigenvalue weighted by molar-refractivity contribution is 7.98. The summed E-state index contributed by atoms with van der Waals surface area (Å²) in [6.07, 6.45) is 2.06. The van der Waals surface area contributed by atoms with Crippen LogP contribution in [0.5, 0.6) is 0 Å². The van der Waals surface area contributed by atoms with Crippen LogP contribution < -0.4 is 5.32 Å². The van der Waals surface area contributed by atoms with Gasteiger partial charge in [-0.3, -0.25) is 0 Å². The van der Waals surface area contributed by atoms with E-state index in [-0.39, 0.29) is 0 Å². The Morgan fingerprint density at radius 1 is 1.11 bits per heavy atom. The van der Waals surface area contributed by atoms with Gasteiger partial charge in [0.05, 0.1) is 10.0 Å². The average Bonchev–Trinajstić information content (AvgIpc) is 2.41. The monoisotopic (exact) mass is 297 g/mol. The van der Waals surface area contributed by atoms with Crippen LogP contribution in [0.3, 0.4) is 0 Å². The van der Waals surface area contributed by atoms with Gasteiger partial charge in [-0.1, -0.05) is 41.4 Å². The van der Waals surface area contributed by atoms with Crippen molar-refractivity contribution in [3.63, 3.8) is 0 Å². The third-order valence-corrected chi connectivity index (χ3v) is 4.17. The third kappa shape index (κ3) is 3.35. The number of benzene rings is 2. The molecule has 18 heavy (non-hydrogen) atoms. The molecule has 0 radical (unpaired) electrons. The van der Waals surface area contributed by atoms with Crippen molar-refractivity contribution in [3.8, 4) is 0 Å². The van der Waals surface area contributed by atoms with Crippen LogP contribution in [-0.4, -0.2) is 6.26 Å². The van der Waals surface area contributed by atoms with Gasteiger partial charge in [0.15, 0.2) is 0 Å². The van der Waals surface area contributed by atoms with Gasteiger partial charge in [0, 0.05) is 17.1 Å². The summed E-state index contributed by atoms with van der Waals surface area (Å²) in [5.41, 5.74) is 2.08. The molecule has 0 unspecified atom stereocenters. The molecule has 2 aromatic rings. The third-order valence-electron chi connectivity index (χ3n) is 2.58. The molecule has 2 rings (SSSR count). The lowest BCUT2D eigenvalue weighted by atomic mass is 10.2. The van der Waals surface area contributed by atoms with Crippen LogP contribution >= 0.6 is 35.0 Å². The minimum atomic E-state index is 0.592. The van der Waals surface area contributed by atoms with Crippen molar-refractivity contribution in [1.29, 1.82) is 0 Å². The van der Waals surface area contributed by atoms with Crippen molar-refractivity contribution >= 4 is 40.7 Å². The summed E-state index contributed by atoms with van der Waals surface area (Å²) in [7, 11) is 0. The maximum atomic E-state index is 6.14. The van der Waals surface area contributed by atoms with Crippen LogP contribution in [0, 0.1) is 0 Å². The van der Waals surface area contributed by atoms with Gasteiger partial charge in [-0.05, 0) is 36.1 Å². The molecule has 2 aromatic carbocycles. The van der Waals surface area contributed by atoms with Crippen LogP contribution in [0.15, 0.2) is 47.4 Å². The van der Waals surface area contributed by atoms with E-state index in [4.69, 9.17) is 23.2 Å². The van der Waals surface area contributed by atoms with Crippen molar-refractivity contribution in [2.24, 2.45) is 0 Å². The number of hydrogen-bond acceptors (Lipinski definition) is 2. The Labute approximate surface area is 121 Å². The van der Waals surface area contributed by atoms with E-state index in [0.29, 0.717) is 16.6 Å². The first-order valence-electron chi connectivity index (χ1n) is 5.51. The summed E-state index contributed by atoms with van der Waals surface area (Å²) in [5, 5.41) is 4.56. The largest absolute Gasteiger partial charge is 0.381 e. The van der Waals surface area contributed by atoms with E-state index in [1.165, 1.54) is 4.90 Å². The quantitative estimate of drug-likeness (QED) is 0.766. The van der Waals surface area contributed by atoms with Gasteiger partial charge in [-0.25, -0.2) is 0 Å². The van der Waals surface area contributed by atoms with E-state index in [9.17, 15) is 0 Å². The molecule has 1 N–H and O–H groups in total. The lowest BCUT2D eigenvalue weighted by molar-refractivity contribution is 1.14. The molecule has 0 amide bonds. The SMILES string of the molecule is CSc1cccc(NCc2cccc(Cl)c2Cl)c1. The summed E-state index contributed by atoms with van der Waals surface area (Å²) >= 11 is 13.8. The minimum absolute atomic E-state index is 0.592. The second kappa shape index (κ2) is 6.37. The number of nitrogens with one attached hydrogen (secondary N) is 1. The fourth-order valence-corrected chi connectivity index (χ4v) is 2.46. The van der Waals surface area contributed by atoms with Gasteiger partial charge in [-0.15, -0.1) is 11.8 Å². The Morgan fingerprint density at radius 3 is 2.67 bits per heavy atom. The number of hydrogen-bond donors (Lipinski definition) is 1. The van der Waals surface area contributed by atoms with Crippen LogP contribution in [0.1, 0.15) is 5.56 Å². The van der Waals surface area contributed by atoms with Crippen LogP contribution in [0.4, 0.5) is 5.69 Å². The topological polar surface area (TPSA) is 12.0 Å². The van der Waals surface area contributed by atoms with E-state index < -0.39 is 0 Å². The lowest BCUT2D eigenvalue weighted by Crippen LogP contribution is -2.00. The Kier molecular flexibility index (Phi) is 4.81. The Hall–Kier alpha value is -0.830. The molecule has 0 saturated carbocycles. The molecule has 0 heterocycles. The number of rotatable bonds is 4. The molecule has 0 aliphatic heterocycles. The summed E-state index contributed by atoms with van der Waals surface area (Å²) in [5.74, 6) is 0. The Morgan fingerprint density at radius 2 is 1.89 bits per heavy atom. The van der Waals surface area contributed by atoms with Gasteiger partial charge >= 0.3 is 0 Å². The van der Waals surface area contributed by atoms with Crippen molar-refractivity contribution in [2.45, 2.75) is 11.4 Å². The molecule has 0 spiro atoms. The van der Waals surface area contributed by atoms with Crippen molar-refractivity contribution in [1.82, 2.24) is 0 Å². The lowest BCUT2D eigenvalue weighted by Gasteiger charge is -2.09. The standard InChI is InChI=1S/C14H13Cl2NS/c1-18-12-6-3-5-11(8-12)17-9-10-4-2-7-13(15)14(10)16/h2-8,17H,9H2,1H3. The smallest absolute Gasteiger partial charge is 0.0642 e. The second-order valence-electron chi connectivity index (χ2n) is 3.80. The van der Waals surface area contributed by atoms with Gasteiger partial charge < -0.3 is 5.32 Å². The molecule has 1 nitrogen and oxygen atoms in total. The zero-order chi connectivity index (χ0) is 13.0. The molecule has 0 fully saturated rings. The van der Waals surface area contributed by atoms with Gasteiger partial charge in [-0.2, -0.15) is 0 Å². The highest BCUT2D eigenvalue weighted by Gasteiger charge is 2.04. The number of thioether (sulfide) groups is 1. The maximum absolute atomic E-state index is 6.14. The molecule has 94 valence electrons. The highest BCUT2D eigenvalue weighted by Crippen LogP contribution is 2.26. The zero-order valence-electron chi connectivity index (χ0n) is 9.91. The van der Waals surface area contributed by atoms with Crippen molar-refractivity contribution < 1.29 is 0 Å². The molecule has 0 aliphatic carbocycles. The zero-order valence-corrected chi connectivity index (χ0v) is 12.2. The average molecular weight is 298 g/mol. The second-order valence-corrected chi connectivity index (χ2v) is 5.46. The summed E-state index contributed by atoms with van der Waals surface area (Å²) in [6.45, 7) is 0.664. The first-order valence-corrected chi connectivity index (χ1v) is 7.49. The number of anilines is 1. The Balaban J connectivity index is 2.09. The summed E-state index contributed by atoms with van der Waals surface area (Å²) < 4.78 is 0. The first kappa shape index (κ1) is 13.6. The fraction of sp³-hybridized carbons (Fsp3) is 0.143. The van der Waals surface area contributed by atoms with E-state index >= 15 is 0 Å². The fourth-order valence-electron chi connectivity index (χ4n) is 1.62. The van der Waals surface area contributed by atoms with Gasteiger partial charge in [0.2, 0.25) is 0 Å². The first-order chi connectivity index (χ1) is 8.70. The van der Waals surface area contributed by atoms with Gasteiger partial charge in [0.25, 0.3) is 0 Å². The van der Waals surface area contributed by atoms with Crippen LogP contribution in [0.2, 0.25) is 10.0 Å². The van der Waals surface area contributed by atoms with Crippen molar-refractivity contribution in [3.05, 3.63) is 58.1 Å². The predicted molar refractivity (Wildman–Crippen MR) is 82.0 cm³/mol. The summed E-state index contributed by atoms with van der Waals surface area (Å²) in [6, 6.07) is 13.9. The van der Waals surface area contributed by atoms with E-state index in [0.717, 1.165) is 11.3 Å². The molecule has 0 saturated heterocycles. The van der Waals surface area contributed by atoms with E-state index in [1.54, 1.807) is 17.8 Å². The molecule has 0 aromatic heterocycles. The maximum Gasteiger partial charge on any atom is 0.0642 e. The molecule has 0 atom stereocenters. The van der Waals surface area contributed by atoms with E-state index in [1.807, 2.05) is 24.3 Å². The molecular weight excluding hydrogens is 285 g/mol. The van der Waals surface area contributed by atoms with Crippen molar-refractivity contribution in [2.75, 3.05) is 11.6 Å². The van der Waals surface area contributed by atoms with E-state index in [2.05, 4.69) is 23.7 Å². The normalized spacial score (nSPS) is 10.4. The Bertz CT molecular complexity index is 543. The molecule has 0 aliphatic rings. The highest BCUT2D eigenvalue weighted by atomic mass is 35.5. The summed E-state index contributed by atoms with van der Waals surface area (Å²) in [4.78, 5) is 1.23.